The summed E-state index contributed by atoms with van der Waals surface area (Å²) in [6, 6.07) is 12.4. The van der Waals surface area contributed by atoms with Crippen molar-refractivity contribution in [3.05, 3.63) is 54.0 Å². The molecule has 1 atom stereocenters. The van der Waals surface area contributed by atoms with E-state index in [0.29, 0.717) is 25.1 Å². The minimum atomic E-state index is 0.306. The first-order valence-corrected chi connectivity index (χ1v) is 9.97. The van der Waals surface area contributed by atoms with E-state index in [1.165, 1.54) is 18.4 Å². The lowest BCUT2D eigenvalue weighted by atomic mass is 10.1. The van der Waals surface area contributed by atoms with Crippen molar-refractivity contribution in [1.82, 2.24) is 10.6 Å². The van der Waals surface area contributed by atoms with Crippen LogP contribution in [-0.2, 0) is 17.6 Å². The maximum Gasteiger partial charge on any atom is 0.191 e. The zero-order chi connectivity index (χ0) is 19.6. The van der Waals surface area contributed by atoms with Crippen LogP contribution in [0.3, 0.4) is 0 Å². The monoisotopic (exact) mass is 385 g/mol. The molecule has 1 aromatic carbocycles. The number of rotatable bonds is 11. The van der Waals surface area contributed by atoms with Crippen molar-refractivity contribution in [1.29, 1.82) is 0 Å². The van der Waals surface area contributed by atoms with Crippen LogP contribution in [0.15, 0.2) is 52.1 Å². The van der Waals surface area contributed by atoms with Gasteiger partial charge in [0, 0.05) is 26.6 Å². The minimum Gasteiger partial charge on any atom is -0.497 e. The molecule has 2 aromatic rings. The standard InChI is InChI=1S/C22H31N3O3/c1-26-16-21(18-7-8-18)25-22(24-14-12-20-4-3-15-28-20)23-13-11-17-5-9-19(27-2)10-6-17/h3-6,9-10,15,18,21H,7-8,11-14,16H2,1-2H3,(H2,23,24,25). The average molecular weight is 386 g/mol. The second kappa shape index (κ2) is 10.8. The fraction of sp³-hybridized carbons (Fsp3) is 0.500. The highest BCUT2D eigenvalue weighted by Gasteiger charge is 2.31. The summed E-state index contributed by atoms with van der Waals surface area (Å²) < 4.78 is 16.0. The van der Waals surface area contributed by atoms with Crippen LogP contribution >= 0.6 is 0 Å². The number of benzene rings is 1. The summed E-state index contributed by atoms with van der Waals surface area (Å²) in [5.41, 5.74) is 1.26. The second-order valence-electron chi connectivity index (χ2n) is 7.13. The van der Waals surface area contributed by atoms with Gasteiger partial charge < -0.3 is 24.5 Å². The lowest BCUT2D eigenvalue weighted by Crippen LogP contribution is -2.47. The Morgan fingerprint density at radius 2 is 2.00 bits per heavy atom. The van der Waals surface area contributed by atoms with Crippen molar-refractivity contribution in [2.75, 3.05) is 33.9 Å². The van der Waals surface area contributed by atoms with Gasteiger partial charge in [0.1, 0.15) is 11.5 Å². The molecule has 2 N–H and O–H groups in total. The van der Waals surface area contributed by atoms with Crippen LogP contribution in [0.4, 0.5) is 0 Å². The van der Waals surface area contributed by atoms with E-state index in [1.807, 2.05) is 24.3 Å². The van der Waals surface area contributed by atoms with Crippen LogP contribution in [0.1, 0.15) is 24.2 Å². The normalized spacial score (nSPS) is 15.3. The molecule has 6 nitrogen and oxygen atoms in total. The Hall–Kier alpha value is -2.47. The highest BCUT2D eigenvalue weighted by molar-refractivity contribution is 5.80. The fourth-order valence-corrected chi connectivity index (χ4v) is 3.15. The summed E-state index contributed by atoms with van der Waals surface area (Å²) in [5.74, 6) is 3.36. The smallest absolute Gasteiger partial charge is 0.191 e. The quantitative estimate of drug-likeness (QED) is 0.460. The molecule has 0 saturated heterocycles. The van der Waals surface area contributed by atoms with Crippen molar-refractivity contribution >= 4 is 5.96 Å². The molecular formula is C22H31N3O3. The number of ether oxygens (including phenoxy) is 2. The Kier molecular flexibility index (Phi) is 7.79. The SMILES string of the molecule is COCC(NC(=NCCc1ccco1)NCCc1ccc(OC)cc1)C1CC1. The van der Waals surface area contributed by atoms with Crippen molar-refractivity contribution in [3.63, 3.8) is 0 Å². The van der Waals surface area contributed by atoms with E-state index in [0.717, 1.165) is 36.9 Å². The van der Waals surface area contributed by atoms with E-state index in [1.54, 1.807) is 20.5 Å². The molecule has 6 heteroatoms. The summed E-state index contributed by atoms with van der Waals surface area (Å²) >= 11 is 0. The Balaban J connectivity index is 1.54. The van der Waals surface area contributed by atoms with E-state index >= 15 is 0 Å². The summed E-state index contributed by atoms with van der Waals surface area (Å²) in [7, 11) is 3.44. The minimum absolute atomic E-state index is 0.306. The third-order valence-corrected chi connectivity index (χ3v) is 4.93. The van der Waals surface area contributed by atoms with Gasteiger partial charge >= 0.3 is 0 Å². The van der Waals surface area contributed by atoms with Crippen molar-refractivity contribution < 1.29 is 13.9 Å². The van der Waals surface area contributed by atoms with Crippen LogP contribution in [-0.4, -0.2) is 45.9 Å². The molecule has 1 aromatic heterocycles. The van der Waals surface area contributed by atoms with E-state index < -0.39 is 0 Å². The van der Waals surface area contributed by atoms with Gasteiger partial charge in [-0.1, -0.05) is 12.1 Å². The molecule has 1 unspecified atom stereocenters. The Morgan fingerprint density at radius 3 is 2.64 bits per heavy atom. The molecule has 1 aliphatic carbocycles. The van der Waals surface area contributed by atoms with E-state index in [9.17, 15) is 0 Å². The first-order chi connectivity index (χ1) is 13.8. The van der Waals surface area contributed by atoms with Gasteiger partial charge in [-0.2, -0.15) is 0 Å². The van der Waals surface area contributed by atoms with Crippen molar-refractivity contribution in [2.24, 2.45) is 10.9 Å². The molecule has 1 fully saturated rings. The first kappa shape index (κ1) is 20.3. The molecule has 0 amide bonds. The summed E-state index contributed by atoms with van der Waals surface area (Å²) in [5, 5.41) is 7.03. The molecule has 0 spiro atoms. The number of methoxy groups -OCH3 is 2. The number of furan rings is 1. The molecule has 0 radical (unpaired) electrons. The van der Waals surface area contributed by atoms with E-state index in [2.05, 4.69) is 22.8 Å². The van der Waals surface area contributed by atoms with E-state index in [4.69, 9.17) is 18.9 Å². The van der Waals surface area contributed by atoms with Gasteiger partial charge in [0.25, 0.3) is 0 Å². The number of aliphatic imine (C=N–C) groups is 1. The van der Waals surface area contributed by atoms with Gasteiger partial charge in [-0.15, -0.1) is 0 Å². The highest BCUT2D eigenvalue weighted by atomic mass is 16.5. The predicted octanol–water partition coefficient (Wildman–Crippen LogP) is 3.03. The molecule has 1 saturated carbocycles. The fourth-order valence-electron chi connectivity index (χ4n) is 3.15. The number of hydrogen-bond acceptors (Lipinski definition) is 4. The van der Waals surface area contributed by atoms with Crippen LogP contribution in [0.2, 0.25) is 0 Å². The summed E-state index contributed by atoms with van der Waals surface area (Å²) in [6.45, 7) is 2.18. The topological polar surface area (TPSA) is 68.0 Å². The number of hydrogen-bond donors (Lipinski definition) is 2. The van der Waals surface area contributed by atoms with E-state index in [-0.39, 0.29) is 0 Å². The van der Waals surface area contributed by atoms with Gasteiger partial charge in [0.05, 0.1) is 26.0 Å². The zero-order valence-corrected chi connectivity index (χ0v) is 16.8. The third kappa shape index (κ3) is 6.60. The molecule has 1 heterocycles. The molecular weight excluding hydrogens is 354 g/mol. The largest absolute Gasteiger partial charge is 0.497 e. The van der Waals surface area contributed by atoms with Gasteiger partial charge in [0.2, 0.25) is 0 Å². The predicted molar refractivity (Wildman–Crippen MR) is 111 cm³/mol. The number of guanidine groups is 1. The van der Waals surface area contributed by atoms with Crippen LogP contribution in [0, 0.1) is 5.92 Å². The Bertz CT molecular complexity index is 709. The third-order valence-electron chi connectivity index (χ3n) is 4.93. The van der Waals surface area contributed by atoms with Crippen LogP contribution in [0.25, 0.3) is 0 Å². The summed E-state index contributed by atoms with van der Waals surface area (Å²) in [6.07, 6.45) is 5.92. The van der Waals surface area contributed by atoms with Gasteiger partial charge in [-0.25, -0.2) is 0 Å². The van der Waals surface area contributed by atoms with Gasteiger partial charge in [0.15, 0.2) is 5.96 Å². The van der Waals surface area contributed by atoms with Crippen molar-refractivity contribution in [2.45, 2.75) is 31.7 Å². The average Bonchev–Trinajstić information content (AvgIpc) is 3.44. The Morgan fingerprint density at radius 1 is 1.18 bits per heavy atom. The molecule has 0 aliphatic heterocycles. The van der Waals surface area contributed by atoms with Crippen molar-refractivity contribution in [3.8, 4) is 5.75 Å². The van der Waals surface area contributed by atoms with Crippen LogP contribution < -0.4 is 15.4 Å². The maximum absolute atomic E-state index is 5.40. The van der Waals surface area contributed by atoms with Gasteiger partial charge in [-0.05, 0) is 55.0 Å². The molecule has 152 valence electrons. The van der Waals surface area contributed by atoms with Crippen LogP contribution in [0.5, 0.6) is 5.75 Å². The first-order valence-electron chi connectivity index (χ1n) is 9.97. The maximum atomic E-state index is 5.40. The summed E-state index contributed by atoms with van der Waals surface area (Å²) in [4.78, 5) is 4.75. The molecule has 3 rings (SSSR count). The highest BCUT2D eigenvalue weighted by Crippen LogP contribution is 2.32. The zero-order valence-electron chi connectivity index (χ0n) is 16.8. The second-order valence-corrected chi connectivity index (χ2v) is 7.13. The lowest BCUT2D eigenvalue weighted by Gasteiger charge is -2.21. The number of nitrogens with one attached hydrogen (secondary N) is 2. The molecule has 28 heavy (non-hydrogen) atoms. The Labute approximate surface area is 167 Å². The molecule has 1 aliphatic rings. The number of nitrogens with zero attached hydrogens (tertiary/aromatic N) is 1. The lowest BCUT2D eigenvalue weighted by molar-refractivity contribution is 0.165. The van der Waals surface area contributed by atoms with Gasteiger partial charge in [-0.3, -0.25) is 4.99 Å². The molecule has 0 bridgehead atoms.